The minimum absolute atomic E-state index is 0.126. The van der Waals surface area contributed by atoms with E-state index in [0.29, 0.717) is 0 Å². The van der Waals surface area contributed by atoms with Crippen molar-refractivity contribution in [3.63, 3.8) is 0 Å². The van der Waals surface area contributed by atoms with Gasteiger partial charge in [0.1, 0.15) is 0 Å². The Hall–Kier alpha value is -8.58. The van der Waals surface area contributed by atoms with E-state index in [-0.39, 0.29) is 10.8 Å². The van der Waals surface area contributed by atoms with E-state index in [4.69, 9.17) is 0 Å². The van der Waals surface area contributed by atoms with Crippen molar-refractivity contribution < 1.29 is 0 Å². The Bertz CT molecular complexity index is 4160. The maximum Gasteiger partial charge on any atom is 0.0159 e. The van der Waals surface area contributed by atoms with Gasteiger partial charge < -0.3 is 0 Å². The van der Waals surface area contributed by atoms with Crippen LogP contribution in [-0.2, 0) is 10.8 Å². The summed E-state index contributed by atoms with van der Waals surface area (Å²) >= 11 is 0. The van der Waals surface area contributed by atoms with Crippen LogP contribution < -0.4 is 0 Å². The van der Waals surface area contributed by atoms with Crippen LogP contribution in [0.3, 0.4) is 0 Å². The molecule has 72 heavy (non-hydrogen) atoms. The van der Waals surface area contributed by atoms with Crippen LogP contribution in [0.4, 0.5) is 0 Å². The molecule has 0 atom stereocenters. The lowest BCUT2D eigenvalue weighted by atomic mass is 9.80. The van der Waals surface area contributed by atoms with Crippen LogP contribution in [0.5, 0.6) is 0 Å². The van der Waals surface area contributed by atoms with Crippen molar-refractivity contribution >= 4 is 64.6 Å². The molecule has 0 N–H and O–H groups in total. The first-order valence-electron chi connectivity index (χ1n) is 25.6. The highest BCUT2D eigenvalue weighted by Gasteiger charge is 2.38. The molecule has 13 aromatic carbocycles. The van der Waals surface area contributed by atoms with Crippen LogP contribution in [0.2, 0.25) is 0 Å². The molecule has 0 unspecified atom stereocenters. The van der Waals surface area contributed by atoms with Crippen molar-refractivity contribution in [3.8, 4) is 66.8 Å². The van der Waals surface area contributed by atoms with Gasteiger partial charge in [0, 0.05) is 10.8 Å². The lowest BCUT2D eigenvalue weighted by Gasteiger charge is -2.23. The highest BCUT2D eigenvalue weighted by atomic mass is 14.4. The van der Waals surface area contributed by atoms with Gasteiger partial charge in [-0.05, 0) is 190 Å². The van der Waals surface area contributed by atoms with Crippen LogP contribution >= 0.6 is 0 Å². The minimum atomic E-state index is -0.126. The summed E-state index contributed by atoms with van der Waals surface area (Å²) in [7, 11) is 0. The Balaban J connectivity index is 0.689. The molecule has 0 aliphatic heterocycles. The van der Waals surface area contributed by atoms with Gasteiger partial charge in [0.25, 0.3) is 0 Å². The van der Waals surface area contributed by atoms with Crippen molar-refractivity contribution in [2.75, 3.05) is 0 Å². The first-order chi connectivity index (χ1) is 35.2. The maximum absolute atomic E-state index is 2.49. The highest BCUT2D eigenvalue weighted by molar-refractivity contribution is 6.27. The van der Waals surface area contributed by atoms with Crippen LogP contribution in [0.1, 0.15) is 49.9 Å². The second-order valence-corrected chi connectivity index (χ2v) is 21.6. The molecule has 0 spiro atoms. The van der Waals surface area contributed by atoms with Crippen LogP contribution in [0.25, 0.3) is 131 Å². The summed E-state index contributed by atoms with van der Waals surface area (Å²) in [5.41, 5.74) is 20.6. The average molecular weight is 915 g/mol. The van der Waals surface area contributed by atoms with Gasteiger partial charge in [0.2, 0.25) is 0 Å². The fourth-order valence-corrected chi connectivity index (χ4v) is 13.2. The third kappa shape index (κ3) is 5.87. The van der Waals surface area contributed by atoms with Gasteiger partial charge in [0.05, 0.1) is 0 Å². The van der Waals surface area contributed by atoms with Gasteiger partial charge in [0.15, 0.2) is 0 Å². The van der Waals surface area contributed by atoms with Crippen LogP contribution in [0, 0.1) is 0 Å². The molecule has 2 aliphatic carbocycles. The Kier molecular flexibility index (Phi) is 8.57. The van der Waals surface area contributed by atoms with Crippen molar-refractivity contribution in [3.05, 3.63) is 253 Å². The van der Waals surface area contributed by atoms with Gasteiger partial charge >= 0.3 is 0 Å². The molecule has 0 bridgehead atoms. The molecule has 0 saturated heterocycles. The van der Waals surface area contributed by atoms with E-state index in [2.05, 4.69) is 258 Å². The Morgan fingerprint density at radius 1 is 0.181 bits per heavy atom. The summed E-state index contributed by atoms with van der Waals surface area (Å²) in [5.74, 6) is 0. The first kappa shape index (κ1) is 41.2. The van der Waals surface area contributed by atoms with E-state index in [0.717, 1.165) is 0 Å². The Morgan fingerprint density at radius 2 is 0.389 bits per heavy atom. The summed E-state index contributed by atoms with van der Waals surface area (Å²) in [5, 5.41) is 15.9. The molecule has 13 aromatic rings. The second-order valence-electron chi connectivity index (χ2n) is 21.6. The van der Waals surface area contributed by atoms with Crippen molar-refractivity contribution in [2.45, 2.75) is 38.5 Å². The molecule has 0 fully saturated rings. The maximum atomic E-state index is 2.49. The molecule has 0 saturated carbocycles. The monoisotopic (exact) mass is 914 g/mol. The predicted molar refractivity (Wildman–Crippen MR) is 308 cm³/mol. The quantitative estimate of drug-likeness (QED) is 0.154. The topological polar surface area (TPSA) is 0 Å². The summed E-state index contributed by atoms with van der Waals surface area (Å²) in [4.78, 5) is 0. The molecule has 0 nitrogen and oxygen atoms in total. The fourth-order valence-electron chi connectivity index (χ4n) is 13.2. The smallest absolute Gasteiger partial charge is 0.0159 e. The number of benzene rings is 13. The van der Waals surface area contributed by atoms with Crippen molar-refractivity contribution in [1.82, 2.24) is 0 Å². The molecule has 0 aromatic heterocycles. The van der Waals surface area contributed by atoms with Gasteiger partial charge in [-0.1, -0.05) is 222 Å². The van der Waals surface area contributed by atoms with Crippen LogP contribution in [-0.4, -0.2) is 0 Å². The third-order valence-corrected chi connectivity index (χ3v) is 17.1. The number of hydrogen-bond acceptors (Lipinski definition) is 0. The zero-order valence-corrected chi connectivity index (χ0v) is 40.9. The summed E-state index contributed by atoms with van der Waals surface area (Å²) in [6.07, 6.45) is 0. The van der Waals surface area contributed by atoms with Gasteiger partial charge in [-0.3, -0.25) is 0 Å². The average Bonchev–Trinajstić information content (AvgIpc) is 3.79. The minimum Gasteiger partial charge on any atom is -0.0616 e. The van der Waals surface area contributed by atoms with E-state index in [1.165, 1.54) is 154 Å². The molecular weight excluding hydrogens is 865 g/mol. The highest BCUT2D eigenvalue weighted by Crippen LogP contribution is 2.54. The van der Waals surface area contributed by atoms with E-state index in [1.54, 1.807) is 0 Å². The van der Waals surface area contributed by atoms with Crippen LogP contribution in [0.15, 0.2) is 231 Å². The number of hydrogen-bond donors (Lipinski definition) is 0. The zero-order valence-electron chi connectivity index (χ0n) is 40.9. The normalized spacial score (nSPS) is 14.1. The molecule has 0 heteroatoms. The van der Waals surface area contributed by atoms with Gasteiger partial charge in [-0.2, -0.15) is 0 Å². The Labute approximate surface area is 420 Å². The largest absolute Gasteiger partial charge is 0.0616 e. The lowest BCUT2D eigenvalue weighted by molar-refractivity contribution is 0.661. The standard InChI is InChI=1S/C72H50/c1-71(2)67-37-49(33-35-59(67)65-39-61-55-17-9-5-13-51(55)53-15-7-11-19-57(53)63(61)41-69(65)71)47-29-25-45(26-30-47)43-21-23-44(24-22-43)46-27-31-48(32-28-46)50-34-36-60-66-40-62-56-18-10-6-14-52(56)54-16-8-12-20-58(54)64(62)42-70(66)72(3,4)68(60)38-50/h5-42H,1-4H3. The first-order valence-corrected chi connectivity index (χ1v) is 25.6. The van der Waals surface area contributed by atoms with E-state index >= 15 is 0 Å². The molecule has 0 heterocycles. The Morgan fingerprint density at radius 3 is 0.667 bits per heavy atom. The lowest BCUT2D eigenvalue weighted by Crippen LogP contribution is -2.15. The molecule has 15 rings (SSSR count). The summed E-state index contributed by atoms with van der Waals surface area (Å²) in [6, 6.07) is 87.1. The number of rotatable bonds is 4. The summed E-state index contributed by atoms with van der Waals surface area (Å²) < 4.78 is 0. The molecular formula is C72H50. The molecule has 0 radical (unpaired) electrons. The van der Waals surface area contributed by atoms with Crippen molar-refractivity contribution in [2.24, 2.45) is 0 Å². The molecule has 0 amide bonds. The number of fused-ring (bicyclic) bond motifs is 18. The van der Waals surface area contributed by atoms with E-state index in [9.17, 15) is 0 Å². The third-order valence-electron chi connectivity index (χ3n) is 17.1. The summed E-state index contributed by atoms with van der Waals surface area (Å²) in [6.45, 7) is 9.59. The van der Waals surface area contributed by atoms with Crippen molar-refractivity contribution in [1.29, 1.82) is 0 Å². The fraction of sp³-hybridized carbons (Fsp3) is 0.0833. The van der Waals surface area contributed by atoms with Gasteiger partial charge in [-0.15, -0.1) is 0 Å². The zero-order chi connectivity index (χ0) is 48.0. The molecule has 2 aliphatic rings. The SMILES string of the molecule is CC1(C)c2cc(-c3ccc(-c4ccc(-c5ccc(-c6ccc7c(c6)C(C)(C)c6cc8c9ccccc9c9ccccc9c8cc6-7)cc5)cc4)cc3)ccc2-c2cc3c4ccccc4c4ccccc4c3cc21. The van der Waals surface area contributed by atoms with E-state index < -0.39 is 0 Å². The predicted octanol–water partition coefficient (Wildman–Crippen LogP) is 19.9. The second kappa shape index (κ2) is 15.0. The van der Waals surface area contributed by atoms with Gasteiger partial charge in [-0.25, -0.2) is 0 Å². The van der Waals surface area contributed by atoms with E-state index in [1.807, 2.05) is 0 Å². The molecule has 338 valence electrons.